The topological polar surface area (TPSA) is 51.5 Å². The van der Waals surface area contributed by atoms with Gasteiger partial charge in [-0.2, -0.15) is 0 Å². The average molecular weight is 261 g/mol. The summed E-state index contributed by atoms with van der Waals surface area (Å²) in [5, 5.41) is 8.73. The number of rotatable bonds is 5. The van der Waals surface area contributed by atoms with Crippen LogP contribution >= 0.6 is 0 Å². The molecule has 0 aliphatic rings. The molecule has 0 atom stereocenters. The van der Waals surface area contributed by atoms with Crippen molar-refractivity contribution in [2.45, 2.75) is 38.7 Å². The summed E-state index contributed by atoms with van der Waals surface area (Å²) in [5.41, 5.74) is -1.20. The van der Waals surface area contributed by atoms with E-state index < -0.39 is 18.1 Å². The second kappa shape index (κ2) is 5.95. The molecule has 0 aromatic carbocycles. The number of alkyl halides is 2. The Morgan fingerprint density at radius 1 is 1.56 bits per heavy atom. The highest BCUT2D eigenvalue weighted by Gasteiger charge is 2.34. The zero-order valence-corrected chi connectivity index (χ0v) is 10.4. The molecule has 0 bridgehead atoms. The van der Waals surface area contributed by atoms with Crippen LogP contribution in [0, 0.1) is 0 Å². The summed E-state index contributed by atoms with van der Waals surface area (Å²) in [6.45, 7) is 2.32. The fraction of sp³-hybridized carbons (Fsp3) is 0.583. The SMILES string of the molecule is CC(C)(OC(=O)n1cccc1CCCO)C(F)F. The standard InChI is InChI=1S/C12H17F2NO3/c1-12(2,10(13)14)18-11(17)15-7-3-5-9(15)6-4-8-16/h3,5,7,10,16H,4,6,8H2,1-2H3. The highest BCUT2D eigenvalue weighted by atomic mass is 19.3. The second-order valence-electron chi connectivity index (χ2n) is 4.47. The molecule has 0 radical (unpaired) electrons. The van der Waals surface area contributed by atoms with Gasteiger partial charge in [0.1, 0.15) is 0 Å². The fourth-order valence-electron chi connectivity index (χ4n) is 1.38. The first kappa shape index (κ1) is 14.6. The Morgan fingerprint density at radius 3 is 2.78 bits per heavy atom. The molecule has 0 fully saturated rings. The predicted molar refractivity (Wildman–Crippen MR) is 61.8 cm³/mol. The van der Waals surface area contributed by atoms with Crippen LogP contribution < -0.4 is 0 Å². The van der Waals surface area contributed by atoms with Crippen molar-refractivity contribution in [3.63, 3.8) is 0 Å². The van der Waals surface area contributed by atoms with Crippen LogP contribution in [0.3, 0.4) is 0 Å². The van der Waals surface area contributed by atoms with Gasteiger partial charge in [0.15, 0.2) is 5.60 Å². The van der Waals surface area contributed by atoms with Crippen molar-refractivity contribution < 1.29 is 23.4 Å². The van der Waals surface area contributed by atoms with E-state index in [0.29, 0.717) is 18.5 Å². The molecular weight excluding hydrogens is 244 g/mol. The molecule has 0 aliphatic carbocycles. The minimum Gasteiger partial charge on any atom is -0.437 e. The van der Waals surface area contributed by atoms with E-state index in [9.17, 15) is 13.6 Å². The number of hydrogen-bond acceptors (Lipinski definition) is 3. The van der Waals surface area contributed by atoms with Gasteiger partial charge in [-0.1, -0.05) is 0 Å². The van der Waals surface area contributed by atoms with Crippen LogP contribution in [-0.4, -0.2) is 34.4 Å². The van der Waals surface area contributed by atoms with E-state index in [4.69, 9.17) is 9.84 Å². The van der Waals surface area contributed by atoms with Gasteiger partial charge in [0.25, 0.3) is 6.43 Å². The van der Waals surface area contributed by atoms with Gasteiger partial charge in [0.05, 0.1) is 0 Å². The number of halogens is 2. The van der Waals surface area contributed by atoms with Crippen molar-refractivity contribution in [3.05, 3.63) is 24.0 Å². The fourth-order valence-corrected chi connectivity index (χ4v) is 1.38. The molecule has 0 unspecified atom stereocenters. The van der Waals surface area contributed by atoms with Gasteiger partial charge in [-0.25, -0.2) is 13.6 Å². The maximum Gasteiger partial charge on any atom is 0.418 e. The summed E-state index contributed by atoms with van der Waals surface area (Å²) in [5.74, 6) is 0. The molecule has 1 aromatic heterocycles. The summed E-state index contributed by atoms with van der Waals surface area (Å²) in [6, 6.07) is 3.32. The van der Waals surface area contributed by atoms with Crippen molar-refractivity contribution in [1.29, 1.82) is 0 Å². The predicted octanol–water partition coefficient (Wildman–Crippen LogP) is 2.44. The average Bonchev–Trinajstić information content (AvgIpc) is 2.73. The van der Waals surface area contributed by atoms with Gasteiger partial charge >= 0.3 is 6.09 Å². The van der Waals surface area contributed by atoms with Crippen molar-refractivity contribution in [2.24, 2.45) is 0 Å². The van der Waals surface area contributed by atoms with E-state index >= 15 is 0 Å². The smallest absolute Gasteiger partial charge is 0.418 e. The number of aliphatic hydroxyl groups excluding tert-OH is 1. The minimum atomic E-state index is -2.75. The Morgan fingerprint density at radius 2 is 2.22 bits per heavy atom. The van der Waals surface area contributed by atoms with Crippen molar-refractivity contribution in [1.82, 2.24) is 4.57 Å². The molecule has 102 valence electrons. The zero-order valence-electron chi connectivity index (χ0n) is 10.4. The van der Waals surface area contributed by atoms with Crippen molar-refractivity contribution in [3.8, 4) is 0 Å². The van der Waals surface area contributed by atoms with Crippen LogP contribution in [-0.2, 0) is 11.2 Å². The highest BCUT2D eigenvalue weighted by molar-refractivity contribution is 5.72. The number of carbonyl (C=O) groups is 1. The number of aliphatic hydroxyl groups is 1. The van der Waals surface area contributed by atoms with Crippen molar-refractivity contribution in [2.75, 3.05) is 6.61 Å². The van der Waals surface area contributed by atoms with Gasteiger partial charge in [-0.05, 0) is 38.8 Å². The van der Waals surface area contributed by atoms with Gasteiger partial charge < -0.3 is 9.84 Å². The first-order valence-corrected chi connectivity index (χ1v) is 5.67. The lowest BCUT2D eigenvalue weighted by molar-refractivity contribution is -0.0769. The molecule has 18 heavy (non-hydrogen) atoms. The third kappa shape index (κ3) is 3.53. The third-order valence-electron chi connectivity index (χ3n) is 2.50. The number of aromatic nitrogens is 1. The zero-order chi connectivity index (χ0) is 13.8. The highest BCUT2D eigenvalue weighted by Crippen LogP contribution is 2.20. The van der Waals surface area contributed by atoms with Crippen LogP contribution in [0.4, 0.5) is 13.6 Å². The van der Waals surface area contributed by atoms with Crippen LogP contribution in [0.25, 0.3) is 0 Å². The Kier molecular flexibility index (Phi) is 4.84. The Labute approximate surface area is 104 Å². The van der Waals surface area contributed by atoms with E-state index in [1.807, 2.05) is 0 Å². The van der Waals surface area contributed by atoms with Gasteiger partial charge in [-0.15, -0.1) is 0 Å². The normalized spacial score (nSPS) is 11.9. The minimum absolute atomic E-state index is 0.00273. The largest absolute Gasteiger partial charge is 0.437 e. The molecule has 1 aromatic rings. The number of carbonyl (C=O) groups excluding carboxylic acids is 1. The summed E-state index contributed by atoms with van der Waals surface area (Å²) < 4.78 is 31.2. The van der Waals surface area contributed by atoms with E-state index in [-0.39, 0.29) is 6.61 Å². The lowest BCUT2D eigenvalue weighted by Gasteiger charge is -2.24. The van der Waals surface area contributed by atoms with E-state index in [1.54, 1.807) is 12.1 Å². The second-order valence-corrected chi connectivity index (χ2v) is 4.47. The summed E-state index contributed by atoms with van der Waals surface area (Å²) >= 11 is 0. The molecule has 0 spiro atoms. The first-order valence-electron chi connectivity index (χ1n) is 5.67. The number of nitrogens with zero attached hydrogens (tertiary/aromatic N) is 1. The van der Waals surface area contributed by atoms with Crippen LogP contribution in [0.2, 0.25) is 0 Å². The van der Waals surface area contributed by atoms with E-state index in [0.717, 1.165) is 13.8 Å². The molecule has 1 rings (SSSR count). The van der Waals surface area contributed by atoms with Crippen LogP contribution in [0.15, 0.2) is 18.3 Å². The maximum absolute atomic E-state index is 12.6. The lowest BCUT2D eigenvalue weighted by Crippen LogP contribution is -2.37. The Bertz CT molecular complexity index is 402. The van der Waals surface area contributed by atoms with E-state index in [2.05, 4.69) is 0 Å². The summed E-state index contributed by atoms with van der Waals surface area (Å²) in [6.07, 6.45) is -1.16. The molecule has 0 aliphatic heterocycles. The number of aryl methyl sites for hydroxylation is 1. The van der Waals surface area contributed by atoms with Crippen LogP contribution in [0.1, 0.15) is 26.0 Å². The molecule has 0 saturated carbocycles. The summed E-state index contributed by atoms with van der Waals surface area (Å²) in [4.78, 5) is 11.8. The van der Waals surface area contributed by atoms with E-state index in [1.165, 1.54) is 10.8 Å². The quantitative estimate of drug-likeness (QED) is 0.885. The number of hydrogen-bond donors (Lipinski definition) is 1. The maximum atomic E-state index is 12.6. The molecule has 1 N–H and O–H groups in total. The van der Waals surface area contributed by atoms with Crippen molar-refractivity contribution >= 4 is 6.09 Å². The molecule has 1 heterocycles. The molecular formula is C12H17F2NO3. The molecule has 6 heteroatoms. The third-order valence-corrected chi connectivity index (χ3v) is 2.50. The molecule has 0 saturated heterocycles. The van der Waals surface area contributed by atoms with Crippen LogP contribution in [0.5, 0.6) is 0 Å². The summed E-state index contributed by atoms with van der Waals surface area (Å²) in [7, 11) is 0. The Balaban J connectivity index is 2.75. The van der Waals surface area contributed by atoms with Gasteiger partial charge in [0, 0.05) is 18.5 Å². The lowest BCUT2D eigenvalue weighted by atomic mass is 10.1. The van der Waals surface area contributed by atoms with Gasteiger partial charge in [-0.3, -0.25) is 4.57 Å². The molecule has 4 nitrogen and oxygen atoms in total. The van der Waals surface area contributed by atoms with Gasteiger partial charge in [0.2, 0.25) is 0 Å². The Hall–Kier alpha value is -1.43. The first-order chi connectivity index (χ1) is 8.38. The number of ether oxygens (including phenoxy) is 1. The monoisotopic (exact) mass is 261 g/mol. The molecule has 0 amide bonds.